The number of hydrazone groups is 1. The van der Waals surface area contributed by atoms with Crippen LogP contribution < -0.4 is 0 Å². The minimum absolute atomic E-state index is 0.235. The zero-order chi connectivity index (χ0) is 20.7. The molecule has 5 rings (SSSR count). The van der Waals surface area contributed by atoms with E-state index in [0.29, 0.717) is 11.4 Å². The van der Waals surface area contributed by atoms with E-state index in [1.54, 1.807) is 18.2 Å². The lowest BCUT2D eigenvalue weighted by molar-refractivity contribution is -0.135. The largest absolute Gasteiger partial charge is 0.445 e. The van der Waals surface area contributed by atoms with E-state index in [1.165, 1.54) is 24.1 Å². The van der Waals surface area contributed by atoms with Crippen molar-refractivity contribution in [3.05, 3.63) is 89.9 Å². The zero-order valence-corrected chi connectivity index (χ0v) is 16.0. The monoisotopic (exact) mass is 400 g/mol. The van der Waals surface area contributed by atoms with Crippen LogP contribution in [0, 0.1) is 5.82 Å². The highest BCUT2D eigenvalue weighted by Crippen LogP contribution is 2.34. The van der Waals surface area contributed by atoms with Gasteiger partial charge in [0, 0.05) is 18.1 Å². The highest BCUT2D eigenvalue weighted by molar-refractivity contribution is 5.96. The number of carbonyl (C=O) groups excluding carboxylic acids is 1. The van der Waals surface area contributed by atoms with Crippen molar-refractivity contribution < 1.29 is 13.9 Å². The van der Waals surface area contributed by atoms with Crippen LogP contribution in [0.25, 0.3) is 22.0 Å². The van der Waals surface area contributed by atoms with Crippen molar-refractivity contribution in [2.75, 3.05) is 0 Å². The van der Waals surface area contributed by atoms with Gasteiger partial charge < -0.3 is 4.74 Å². The van der Waals surface area contributed by atoms with E-state index < -0.39 is 6.23 Å². The molecule has 0 bridgehead atoms. The molecule has 1 N–H and O–H groups in total. The maximum Gasteiger partial charge on any atom is 0.259 e. The molecule has 0 saturated heterocycles. The molecule has 1 atom stereocenters. The second kappa shape index (κ2) is 7.11. The summed E-state index contributed by atoms with van der Waals surface area (Å²) >= 11 is 0. The average Bonchev–Trinajstić information content (AvgIpc) is 3.41. The number of carbonyl (C=O) groups is 1. The van der Waals surface area contributed by atoms with Gasteiger partial charge in [-0.15, -0.1) is 5.10 Å². The van der Waals surface area contributed by atoms with Crippen LogP contribution in [-0.4, -0.2) is 27.0 Å². The molecule has 1 amide bonds. The van der Waals surface area contributed by atoms with Gasteiger partial charge in [0.1, 0.15) is 11.5 Å². The second-order valence-electron chi connectivity index (χ2n) is 6.98. The van der Waals surface area contributed by atoms with Crippen LogP contribution in [0.4, 0.5) is 4.39 Å². The number of aromatic nitrogens is 2. The Morgan fingerprint density at radius 2 is 1.83 bits per heavy atom. The third-order valence-corrected chi connectivity index (χ3v) is 5.00. The van der Waals surface area contributed by atoms with Crippen LogP contribution >= 0.6 is 0 Å². The number of amides is 1. The van der Waals surface area contributed by atoms with Crippen molar-refractivity contribution >= 4 is 22.6 Å². The molecule has 0 saturated carbocycles. The number of rotatable bonds is 3. The smallest absolute Gasteiger partial charge is 0.259 e. The van der Waals surface area contributed by atoms with Gasteiger partial charge in [-0.1, -0.05) is 42.5 Å². The molecule has 2 heterocycles. The summed E-state index contributed by atoms with van der Waals surface area (Å²) in [6.45, 7) is 1.45. The van der Waals surface area contributed by atoms with Gasteiger partial charge in [-0.05, 0) is 41.1 Å². The number of benzene rings is 3. The van der Waals surface area contributed by atoms with Gasteiger partial charge in [-0.25, -0.2) is 4.39 Å². The fourth-order valence-corrected chi connectivity index (χ4v) is 3.54. The molecule has 1 aliphatic heterocycles. The van der Waals surface area contributed by atoms with Gasteiger partial charge >= 0.3 is 0 Å². The predicted octanol–water partition coefficient (Wildman–Crippen LogP) is 4.61. The first kappa shape index (κ1) is 18.1. The summed E-state index contributed by atoms with van der Waals surface area (Å²) in [4.78, 5) is 12.3. The van der Waals surface area contributed by atoms with Gasteiger partial charge in [-0.3, -0.25) is 9.89 Å². The molecule has 1 aromatic heterocycles. The summed E-state index contributed by atoms with van der Waals surface area (Å²) in [5.74, 6) is -0.279. The molecule has 1 unspecified atom stereocenters. The highest BCUT2D eigenvalue weighted by atomic mass is 19.1. The second-order valence-corrected chi connectivity index (χ2v) is 6.98. The van der Waals surface area contributed by atoms with Crippen LogP contribution in [-0.2, 0) is 9.53 Å². The molecule has 0 radical (unpaired) electrons. The number of ether oxygens (including phenoxy) is 1. The Hall–Kier alpha value is -4.00. The lowest BCUT2D eigenvalue weighted by Gasteiger charge is -2.20. The van der Waals surface area contributed by atoms with E-state index >= 15 is 0 Å². The zero-order valence-electron chi connectivity index (χ0n) is 16.0. The summed E-state index contributed by atoms with van der Waals surface area (Å²) in [6, 6.07) is 21.6. The maximum absolute atomic E-state index is 13.2. The minimum Gasteiger partial charge on any atom is -0.445 e. The Kier molecular flexibility index (Phi) is 4.28. The molecule has 0 fully saturated rings. The summed E-state index contributed by atoms with van der Waals surface area (Å²) in [6.07, 6.45) is -0.679. The Balaban J connectivity index is 1.50. The molecule has 3 aromatic carbocycles. The van der Waals surface area contributed by atoms with Crippen molar-refractivity contribution in [1.82, 2.24) is 15.2 Å². The highest BCUT2D eigenvalue weighted by Gasteiger charge is 2.34. The Labute approximate surface area is 171 Å². The molecule has 4 aromatic rings. The molecular weight excluding hydrogens is 383 g/mol. The molecule has 6 nitrogen and oxygen atoms in total. The van der Waals surface area contributed by atoms with E-state index in [-0.39, 0.29) is 17.6 Å². The molecule has 7 heteroatoms. The standard InChI is InChI=1S/C23H17FN4O2/c1-14(29)28-23(19-8-4-6-15-5-2-3-7-18(15)19)30-22(27-28)21-13-20(25-26-21)16-9-11-17(24)12-10-16/h2-13,23H,1H3,(H,25,26). The maximum atomic E-state index is 13.2. The minimum atomic E-state index is -0.679. The quantitative estimate of drug-likeness (QED) is 0.546. The van der Waals surface area contributed by atoms with Crippen LogP contribution in [0.2, 0.25) is 0 Å². The van der Waals surface area contributed by atoms with Gasteiger partial charge in [0.25, 0.3) is 5.90 Å². The van der Waals surface area contributed by atoms with E-state index in [9.17, 15) is 9.18 Å². The van der Waals surface area contributed by atoms with Crippen molar-refractivity contribution in [3.8, 4) is 11.3 Å². The van der Waals surface area contributed by atoms with Gasteiger partial charge in [0.05, 0.1) is 5.69 Å². The molecule has 0 aliphatic carbocycles. The summed E-state index contributed by atoms with van der Waals surface area (Å²) < 4.78 is 19.3. The molecule has 30 heavy (non-hydrogen) atoms. The molecule has 1 aliphatic rings. The van der Waals surface area contributed by atoms with Crippen molar-refractivity contribution in [1.29, 1.82) is 0 Å². The van der Waals surface area contributed by atoms with Crippen molar-refractivity contribution in [2.45, 2.75) is 13.2 Å². The predicted molar refractivity (Wildman–Crippen MR) is 111 cm³/mol. The van der Waals surface area contributed by atoms with Crippen LogP contribution in [0.15, 0.2) is 77.9 Å². The number of hydrogen-bond acceptors (Lipinski definition) is 4. The first-order valence-corrected chi connectivity index (χ1v) is 9.44. The Morgan fingerprint density at radius 3 is 2.63 bits per heavy atom. The number of aromatic amines is 1. The molecular formula is C23H17FN4O2. The summed E-state index contributed by atoms with van der Waals surface area (Å²) in [7, 11) is 0. The fourth-order valence-electron chi connectivity index (χ4n) is 3.54. The van der Waals surface area contributed by atoms with Gasteiger partial charge in [0.2, 0.25) is 12.1 Å². The third kappa shape index (κ3) is 3.10. The first-order chi connectivity index (χ1) is 14.6. The fraction of sp³-hybridized carbons (Fsp3) is 0.0870. The first-order valence-electron chi connectivity index (χ1n) is 9.44. The SMILES string of the molecule is CC(=O)N1N=C(c2cc(-c3ccc(F)cc3)n[nH]2)OC1c1cccc2ccccc12. The molecule has 0 spiro atoms. The van der Waals surface area contributed by atoms with Crippen molar-refractivity contribution in [3.63, 3.8) is 0 Å². The van der Waals surface area contributed by atoms with Crippen LogP contribution in [0.3, 0.4) is 0 Å². The number of H-pyrrole nitrogens is 1. The summed E-state index contributed by atoms with van der Waals surface area (Å²) in [5, 5.41) is 14.9. The topological polar surface area (TPSA) is 70.6 Å². The number of hydrogen-bond donors (Lipinski definition) is 1. The normalized spacial score (nSPS) is 15.9. The number of halogens is 1. The molecule has 148 valence electrons. The van der Waals surface area contributed by atoms with E-state index in [0.717, 1.165) is 21.9 Å². The lowest BCUT2D eigenvalue weighted by atomic mass is 10.0. The van der Waals surface area contributed by atoms with Crippen LogP contribution in [0.5, 0.6) is 0 Å². The van der Waals surface area contributed by atoms with Crippen LogP contribution in [0.1, 0.15) is 24.4 Å². The van der Waals surface area contributed by atoms with Gasteiger partial charge in [-0.2, -0.15) is 10.1 Å². The number of nitrogens with zero attached hydrogens (tertiary/aromatic N) is 3. The number of nitrogens with one attached hydrogen (secondary N) is 1. The average molecular weight is 400 g/mol. The Bertz CT molecular complexity index is 1270. The van der Waals surface area contributed by atoms with E-state index in [1.807, 2.05) is 42.5 Å². The number of fused-ring (bicyclic) bond motifs is 1. The van der Waals surface area contributed by atoms with Gasteiger partial charge in [0.15, 0.2) is 0 Å². The van der Waals surface area contributed by atoms with E-state index in [2.05, 4.69) is 15.3 Å². The third-order valence-electron chi connectivity index (χ3n) is 5.00. The summed E-state index contributed by atoms with van der Waals surface area (Å²) in [5.41, 5.74) is 2.76. The lowest BCUT2D eigenvalue weighted by Crippen LogP contribution is -2.25. The van der Waals surface area contributed by atoms with Crippen molar-refractivity contribution in [2.24, 2.45) is 5.10 Å². The van der Waals surface area contributed by atoms with E-state index in [4.69, 9.17) is 4.74 Å². The Morgan fingerprint density at radius 1 is 1.07 bits per heavy atom.